The molecule has 3 N–H and O–H groups in total. The first-order chi connectivity index (χ1) is 15.9. The van der Waals surface area contributed by atoms with Crippen molar-refractivity contribution in [3.8, 4) is 16.2 Å². The number of rotatable bonds is 4. The quantitative estimate of drug-likeness (QED) is 0.473. The third-order valence-electron chi connectivity index (χ3n) is 6.33. The fourth-order valence-corrected chi connectivity index (χ4v) is 5.86. The Morgan fingerprint density at radius 2 is 1.97 bits per heavy atom. The van der Waals surface area contributed by atoms with Crippen molar-refractivity contribution in [1.82, 2.24) is 24.4 Å². The molecule has 0 atom stereocenters. The second-order valence-corrected chi connectivity index (χ2v) is 9.45. The molecule has 172 valence electrons. The van der Waals surface area contributed by atoms with Gasteiger partial charge in [-0.2, -0.15) is 5.10 Å². The van der Waals surface area contributed by atoms with Gasteiger partial charge in [-0.15, -0.1) is 11.3 Å². The van der Waals surface area contributed by atoms with Crippen LogP contribution in [-0.2, 0) is 6.54 Å². The number of aryl methyl sites for hydroxylation is 1. The van der Waals surface area contributed by atoms with Crippen LogP contribution in [0.3, 0.4) is 0 Å². The van der Waals surface area contributed by atoms with E-state index in [2.05, 4.69) is 41.0 Å². The van der Waals surface area contributed by atoms with Crippen molar-refractivity contribution in [1.29, 1.82) is 0 Å². The number of carboxylic acid groups (broad SMARTS) is 1. The minimum atomic E-state index is -0.864. The molecule has 0 radical (unpaired) electrons. The number of hydrogen-bond acceptors (Lipinski definition) is 7. The number of nitrogens with zero attached hydrogens (tertiary/aromatic N) is 5. The number of benzene rings is 1. The lowest BCUT2D eigenvalue weighted by atomic mass is 10.1. The molecule has 3 aromatic heterocycles. The molecule has 9 nitrogen and oxygen atoms in total. The Bertz CT molecular complexity index is 1370. The fourth-order valence-electron chi connectivity index (χ4n) is 4.62. The van der Waals surface area contributed by atoms with Gasteiger partial charge in [-0.1, -0.05) is 6.07 Å². The molecule has 4 heterocycles. The van der Waals surface area contributed by atoms with E-state index in [1.54, 1.807) is 18.4 Å². The third kappa shape index (κ3) is 3.65. The van der Waals surface area contributed by atoms with Gasteiger partial charge in [0.05, 0.1) is 17.5 Å². The lowest BCUT2D eigenvalue weighted by molar-refractivity contribution is 0.102. The van der Waals surface area contributed by atoms with Gasteiger partial charge in [0.1, 0.15) is 17.6 Å². The summed E-state index contributed by atoms with van der Waals surface area (Å²) in [5.41, 5.74) is 11.5. The van der Waals surface area contributed by atoms with E-state index in [-0.39, 0.29) is 0 Å². The summed E-state index contributed by atoms with van der Waals surface area (Å²) in [6, 6.07) is 6.39. The van der Waals surface area contributed by atoms with E-state index >= 15 is 0 Å². The molecule has 1 fully saturated rings. The topological polar surface area (TPSA) is 109 Å². The largest absolute Gasteiger partial charge is 0.495 e. The van der Waals surface area contributed by atoms with Gasteiger partial charge >= 0.3 is 6.09 Å². The standard InChI is InChI=1S/C23H26N6O3S/c1-13-8-15-10-18(33-21(15)17(9-13)32-3)19-14(2)16(29-20(19)22(24)25-12-26-29)11-27-4-6-28(7-5-27)23(30)31/h8-10,12H,4-7,11H2,1-3H3,(H,30,31)(H2,24,25,26). The maximum atomic E-state index is 11.3. The molecule has 0 spiro atoms. The van der Waals surface area contributed by atoms with Crippen LogP contribution in [0.15, 0.2) is 24.5 Å². The van der Waals surface area contributed by atoms with Crippen LogP contribution in [0, 0.1) is 13.8 Å². The predicted molar refractivity (Wildman–Crippen MR) is 129 cm³/mol. The second kappa shape index (κ2) is 8.20. The normalized spacial score (nSPS) is 14.9. The number of methoxy groups -OCH3 is 1. The summed E-state index contributed by atoms with van der Waals surface area (Å²) < 4.78 is 8.62. The van der Waals surface area contributed by atoms with E-state index in [4.69, 9.17) is 10.5 Å². The first-order valence-corrected chi connectivity index (χ1v) is 11.6. The summed E-state index contributed by atoms with van der Waals surface area (Å²) >= 11 is 1.68. The number of carbonyl (C=O) groups is 1. The number of nitrogen functional groups attached to an aromatic ring is 1. The van der Waals surface area contributed by atoms with Crippen LogP contribution in [0.2, 0.25) is 0 Å². The molecule has 4 aromatic rings. The Morgan fingerprint density at radius 3 is 2.67 bits per heavy atom. The number of nitrogens with two attached hydrogens (primary N) is 1. The van der Waals surface area contributed by atoms with E-state index in [9.17, 15) is 9.90 Å². The van der Waals surface area contributed by atoms with Crippen LogP contribution in [0.4, 0.5) is 10.6 Å². The molecule has 1 saturated heterocycles. The second-order valence-electron chi connectivity index (χ2n) is 8.39. The highest BCUT2D eigenvalue weighted by Crippen LogP contribution is 2.44. The van der Waals surface area contributed by atoms with Crippen molar-refractivity contribution in [3.63, 3.8) is 0 Å². The highest BCUT2D eigenvalue weighted by Gasteiger charge is 2.26. The zero-order chi connectivity index (χ0) is 23.3. The number of aromatic nitrogens is 3. The average Bonchev–Trinajstić information content (AvgIpc) is 3.33. The van der Waals surface area contributed by atoms with Crippen molar-refractivity contribution in [2.24, 2.45) is 0 Å². The smallest absolute Gasteiger partial charge is 0.407 e. The van der Waals surface area contributed by atoms with Gasteiger partial charge in [-0.05, 0) is 42.5 Å². The van der Waals surface area contributed by atoms with Gasteiger partial charge in [-0.3, -0.25) is 4.90 Å². The lowest BCUT2D eigenvalue weighted by Gasteiger charge is -2.33. The number of thiophene rings is 1. The highest BCUT2D eigenvalue weighted by atomic mass is 32.1. The maximum absolute atomic E-state index is 11.3. The summed E-state index contributed by atoms with van der Waals surface area (Å²) in [5, 5.41) is 14.9. The molecule has 0 aliphatic carbocycles. The van der Waals surface area contributed by atoms with Crippen LogP contribution >= 0.6 is 11.3 Å². The molecular weight excluding hydrogens is 440 g/mol. The van der Waals surface area contributed by atoms with Crippen molar-refractivity contribution >= 4 is 38.9 Å². The van der Waals surface area contributed by atoms with Gasteiger partial charge in [0.15, 0.2) is 5.82 Å². The Morgan fingerprint density at radius 1 is 1.21 bits per heavy atom. The molecular formula is C23H26N6O3S. The van der Waals surface area contributed by atoms with Crippen LogP contribution in [0.1, 0.15) is 16.8 Å². The van der Waals surface area contributed by atoms with Crippen LogP contribution < -0.4 is 10.5 Å². The fraction of sp³-hybridized carbons (Fsp3) is 0.348. The molecule has 33 heavy (non-hydrogen) atoms. The highest BCUT2D eigenvalue weighted by molar-refractivity contribution is 7.22. The Balaban J connectivity index is 1.60. The minimum absolute atomic E-state index is 0.436. The van der Waals surface area contributed by atoms with Gasteiger partial charge in [0, 0.05) is 43.2 Å². The van der Waals surface area contributed by atoms with E-state index in [0.29, 0.717) is 38.5 Å². The summed E-state index contributed by atoms with van der Waals surface area (Å²) in [7, 11) is 1.70. The van der Waals surface area contributed by atoms with Crippen molar-refractivity contribution < 1.29 is 14.6 Å². The van der Waals surface area contributed by atoms with Crippen molar-refractivity contribution in [2.45, 2.75) is 20.4 Å². The van der Waals surface area contributed by atoms with Gasteiger partial charge in [-0.25, -0.2) is 14.3 Å². The molecule has 1 amide bonds. The lowest BCUT2D eigenvalue weighted by Crippen LogP contribution is -2.47. The minimum Gasteiger partial charge on any atom is -0.495 e. The first kappa shape index (κ1) is 21.5. The summed E-state index contributed by atoms with van der Waals surface area (Å²) in [5.74, 6) is 1.30. The Hall–Kier alpha value is -3.37. The van der Waals surface area contributed by atoms with E-state index < -0.39 is 6.09 Å². The Kier molecular flexibility index (Phi) is 5.34. The molecule has 10 heteroatoms. The molecule has 1 aliphatic heterocycles. The van der Waals surface area contributed by atoms with E-state index in [0.717, 1.165) is 48.6 Å². The molecule has 0 saturated carbocycles. The average molecular weight is 467 g/mol. The summed E-state index contributed by atoms with van der Waals surface area (Å²) in [6.45, 7) is 7.16. The molecule has 1 aliphatic rings. The predicted octanol–water partition coefficient (Wildman–Crippen LogP) is 3.61. The van der Waals surface area contributed by atoms with Crippen LogP contribution in [-0.4, -0.2) is 68.9 Å². The zero-order valence-corrected chi connectivity index (χ0v) is 19.6. The Labute approximate surface area is 195 Å². The molecule has 1 aromatic carbocycles. The molecule has 0 bridgehead atoms. The number of anilines is 1. The van der Waals surface area contributed by atoms with E-state index in [1.165, 1.54) is 11.2 Å². The maximum Gasteiger partial charge on any atom is 0.407 e. The van der Waals surface area contributed by atoms with Gasteiger partial charge in [0.25, 0.3) is 0 Å². The zero-order valence-electron chi connectivity index (χ0n) is 18.8. The number of fused-ring (bicyclic) bond motifs is 2. The number of piperazine rings is 1. The van der Waals surface area contributed by atoms with Gasteiger partial charge < -0.3 is 20.5 Å². The molecule has 5 rings (SSSR count). The summed E-state index contributed by atoms with van der Waals surface area (Å²) in [6.07, 6.45) is 0.617. The van der Waals surface area contributed by atoms with Crippen LogP contribution in [0.5, 0.6) is 5.75 Å². The third-order valence-corrected chi connectivity index (χ3v) is 7.51. The number of amides is 1. The van der Waals surface area contributed by atoms with E-state index in [1.807, 2.05) is 10.6 Å². The summed E-state index contributed by atoms with van der Waals surface area (Å²) in [4.78, 5) is 20.3. The van der Waals surface area contributed by atoms with Crippen molar-refractivity contribution in [3.05, 3.63) is 41.3 Å². The monoisotopic (exact) mass is 466 g/mol. The van der Waals surface area contributed by atoms with Gasteiger partial charge in [0.2, 0.25) is 0 Å². The van der Waals surface area contributed by atoms with Crippen LogP contribution in [0.25, 0.3) is 26.0 Å². The van der Waals surface area contributed by atoms with Crippen molar-refractivity contribution in [2.75, 3.05) is 39.0 Å². The first-order valence-electron chi connectivity index (χ1n) is 10.8. The number of hydrogen-bond donors (Lipinski definition) is 2. The molecule has 0 unspecified atom stereocenters. The SMILES string of the molecule is COc1cc(C)cc2cc(-c3c(C)c(CN4CCN(C(=O)O)CC4)n4ncnc(N)c34)sc12. The number of ether oxygens (including phenoxy) is 1.